The normalized spacial score (nSPS) is 12.0. The molecule has 2 atom stereocenters. The minimum atomic E-state index is -0.339. The van der Waals surface area contributed by atoms with Gasteiger partial charge in [0.05, 0.1) is 59.0 Å². The Hall–Kier alpha value is -2.08. The lowest BCUT2D eigenvalue weighted by atomic mass is 10.1. The van der Waals surface area contributed by atoms with Crippen molar-refractivity contribution >= 4 is 12.3 Å². The third-order valence-corrected chi connectivity index (χ3v) is 5.12. The minimum Gasteiger partial charge on any atom is -0.379 e. The molecular weight excluding hydrogens is 502 g/mol. The zero-order valence-electron chi connectivity index (χ0n) is 25.1. The van der Waals surface area contributed by atoms with Crippen molar-refractivity contribution in [2.45, 2.75) is 85.6 Å². The van der Waals surface area contributed by atoms with E-state index < -0.39 is 0 Å². The molecule has 0 aliphatic rings. The molecule has 0 saturated heterocycles. The number of carbonyl (C=O) groups excluding carboxylic acids is 2. The molecule has 0 spiro atoms. The summed E-state index contributed by atoms with van der Waals surface area (Å²) in [5.41, 5.74) is 13.5. The van der Waals surface area contributed by atoms with Crippen LogP contribution in [0.15, 0.2) is 24.3 Å². The first-order valence-electron chi connectivity index (χ1n) is 14.0. The number of benzene rings is 1. The number of carbonyl (C=O) groups is 2. The molecule has 0 aromatic heterocycles. The molecule has 1 aromatic rings. The van der Waals surface area contributed by atoms with Crippen molar-refractivity contribution < 1.29 is 33.3 Å². The monoisotopic (exact) mass is 557 g/mol. The zero-order chi connectivity index (χ0) is 29.7. The second-order valence-electron chi connectivity index (χ2n) is 8.72. The van der Waals surface area contributed by atoms with Crippen molar-refractivity contribution in [1.82, 2.24) is 5.32 Å². The van der Waals surface area contributed by atoms with Crippen LogP contribution in [0.3, 0.4) is 0 Å². The van der Waals surface area contributed by atoms with Crippen LogP contribution in [-0.4, -0.2) is 83.4 Å². The van der Waals surface area contributed by atoms with E-state index in [0.717, 1.165) is 12.0 Å². The van der Waals surface area contributed by atoms with Crippen molar-refractivity contribution in [1.29, 1.82) is 0 Å². The fourth-order valence-corrected chi connectivity index (χ4v) is 2.83. The summed E-state index contributed by atoms with van der Waals surface area (Å²) in [5.74, 6) is -0.339. The predicted molar refractivity (Wildman–Crippen MR) is 155 cm³/mol. The largest absolute Gasteiger partial charge is 0.379 e. The highest BCUT2D eigenvalue weighted by atomic mass is 16.6. The number of hydrogen-bond donors (Lipinski definition) is 3. The van der Waals surface area contributed by atoms with Gasteiger partial charge in [0.2, 0.25) is 12.3 Å². The smallest absolute Gasteiger partial charge is 0.217 e. The number of nitrogens with two attached hydrogens (primary N) is 2. The molecule has 0 fully saturated rings. The molecule has 228 valence electrons. The van der Waals surface area contributed by atoms with Gasteiger partial charge in [-0.3, -0.25) is 9.59 Å². The number of ether oxygens (including phenoxy) is 5. The van der Waals surface area contributed by atoms with Crippen LogP contribution in [0.2, 0.25) is 0 Å². The molecule has 39 heavy (non-hydrogen) atoms. The van der Waals surface area contributed by atoms with Gasteiger partial charge in [0.15, 0.2) is 0 Å². The maximum atomic E-state index is 10.8. The van der Waals surface area contributed by atoms with E-state index in [1.807, 2.05) is 53.7 Å². The van der Waals surface area contributed by atoms with E-state index in [1.165, 1.54) is 5.56 Å². The van der Waals surface area contributed by atoms with Gasteiger partial charge in [-0.15, -0.1) is 0 Å². The Morgan fingerprint density at radius 3 is 1.79 bits per heavy atom. The Labute approximate surface area is 236 Å². The summed E-state index contributed by atoms with van der Waals surface area (Å²) in [4.78, 5) is 20.3. The lowest BCUT2D eigenvalue weighted by Crippen LogP contribution is -2.35. The summed E-state index contributed by atoms with van der Waals surface area (Å²) in [5, 5.41) is 2.53. The van der Waals surface area contributed by atoms with Crippen molar-refractivity contribution in [3.8, 4) is 0 Å². The van der Waals surface area contributed by atoms with Crippen LogP contribution in [0.4, 0.5) is 0 Å². The molecular formula is C29H55N3O7. The van der Waals surface area contributed by atoms with Crippen molar-refractivity contribution in [2.75, 3.05) is 52.9 Å². The van der Waals surface area contributed by atoms with Crippen molar-refractivity contribution in [2.24, 2.45) is 11.5 Å². The maximum Gasteiger partial charge on any atom is 0.217 e. The van der Waals surface area contributed by atoms with Gasteiger partial charge in [-0.2, -0.15) is 0 Å². The molecule has 5 N–H and O–H groups in total. The fraction of sp³-hybridized carbons (Fsp3) is 0.724. The van der Waals surface area contributed by atoms with Gasteiger partial charge in [0.1, 0.15) is 0 Å². The van der Waals surface area contributed by atoms with Crippen LogP contribution in [0, 0.1) is 0 Å². The SMILES string of the molecule is CC.CC(C)NC=O.CCOCCOCCOCCOCCc1ccc(CO[C@H](C)C(N)CCC(N)=O)cc1. The van der Waals surface area contributed by atoms with Gasteiger partial charge in [-0.1, -0.05) is 38.1 Å². The number of hydrogen-bond acceptors (Lipinski definition) is 8. The number of rotatable bonds is 22. The Bertz CT molecular complexity index is 675. The molecule has 1 unspecified atom stereocenters. The minimum absolute atomic E-state index is 0.142. The summed E-state index contributed by atoms with van der Waals surface area (Å²) < 4.78 is 27.4. The second-order valence-corrected chi connectivity index (χ2v) is 8.72. The summed E-state index contributed by atoms with van der Waals surface area (Å²) in [6.45, 7) is 17.0. The lowest BCUT2D eigenvalue weighted by Gasteiger charge is -2.20. The van der Waals surface area contributed by atoms with Gasteiger partial charge in [-0.05, 0) is 51.7 Å². The number of nitrogens with one attached hydrogen (secondary N) is 1. The molecule has 10 nitrogen and oxygen atoms in total. The molecule has 1 rings (SSSR count). The lowest BCUT2D eigenvalue weighted by molar-refractivity contribution is -0.118. The maximum absolute atomic E-state index is 10.8. The highest BCUT2D eigenvalue weighted by Crippen LogP contribution is 2.10. The van der Waals surface area contributed by atoms with E-state index in [1.54, 1.807) is 0 Å². The van der Waals surface area contributed by atoms with Gasteiger partial charge >= 0.3 is 0 Å². The van der Waals surface area contributed by atoms with Crippen LogP contribution in [-0.2, 0) is 46.3 Å². The van der Waals surface area contributed by atoms with Crippen LogP contribution in [0.5, 0.6) is 0 Å². The highest BCUT2D eigenvalue weighted by molar-refractivity contribution is 5.73. The molecule has 2 amide bonds. The van der Waals surface area contributed by atoms with Gasteiger partial charge in [0, 0.05) is 25.1 Å². The second kappa shape index (κ2) is 28.9. The van der Waals surface area contributed by atoms with E-state index in [0.29, 0.717) is 72.3 Å². The van der Waals surface area contributed by atoms with Gasteiger partial charge in [-0.25, -0.2) is 0 Å². The number of amides is 2. The summed E-state index contributed by atoms with van der Waals surface area (Å²) in [6.07, 6.45) is 2.21. The van der Waals surface area contributed by atoms with E-state index >= 15 is 0 Å². The van der Waals surface area contributed by atoms with Gasteiger partial charge < -0.3 is 40.5 Å². The third-order valence-electron chi connectivity index (χ3n) is 5.12. The Morgan fingerprint density at radius 1 is 0.872 bits per heavy atom. The first-order valence-corrected chi connectivity index (χ1v) is 14.0. The zero-order valence-corrected chi connectivity index (χ0v) is 25.1. The number of primary amides is 1. The molecule has 0 bridgehead atoms. The standard InChI is InChI=1S/C23H40N2O6.C4H9NO.C2H6/c1-3-27-12-13-29-16-17-30-15-14-28-11-10-20-4-6-21(7-5-20)18-31-19(2)22(24)8-9-23(25)26;1-4(2)5-3-6;1-2/h4-7,19,22H,3,8-18,24H2,1-2H3,(H2,25,26);3-4H,1-2H3,(H,5,6);1-2H3/t19-,22?;;/m1../s1. The van der Waals surface area contributed by atoms with Crippen LogP contribution in [0.1, 0.15) is 65.5 Å². The van der Waals surface area contributed by atoms with Crippen molar-refractivity contribution in [3.63, 3.8) is 0 Å². The van der Waals surface area contributed by atoms with Gasteiger partial charge in [0.25, 0.3) is 0 Å². The summed E-state index contributed by atoms with van der Waals surface area (Å²) in [6, 6.07) is 8.33. The molecule has 0 aliphatic heterocycles. The first kappa shape index (κ1) is 39.1. The topological polar surface area (TPSA) is 144 Å². The van der Waals surface area contributed by atoms with E-state index in [9.17, 15) is 9.59 Å². The van der Waals surface area contributed by atoms with Crippen LogP contribution < -0.4 is 16.8 Å². The average Bonchev–Trinajstić information content (AvgIpc) is 2.93. The Kier molecular flexibility index (Phi) is 29.0. The Balaban J connectivity index is 0. The van der Waals surface area contributed by atoms with Crippen LogP contribution >= 0.6 is 0 Å². The van der Waals surface area contributed by atoms with E-state index in [2.05, 4.69) is 17.4 Å². The summed E-state index contributed by atoms with van der Waals surface area (Å²) in [7, 11) is 0. The molecule has 10 heteroatoms. The molecule has 0 aliphatic carbocycles. The first-order chi connectivity index (χ1) is 18.8. The highest BCUT2D eigenvalue weighted by Gasteiger charge is 2.14. The van der Waals surface area contributed by atoms with E-state index in [4.69, 9.17) is 35.2 Å². The fourth-order valence-electron chi connectivity index (χ4n) is 2.83. The average molecular weight is 558 g/mol. The molecule has 0 radical (unpaired) electrons. The predicted octanol–water partition coefficient (Wildman–Crippen LogP) is 2.98. The molecule has 1 aromatic carbocycles. The quantitative estimate of drug-likeness (QED) is 0.146. The van der Waals surface area contributed by atoms with Crippen molar-refractivity contribution in [3.05, 3.63) is 35.4 Å². The third kappa shape index (κ3) is 27.3. The summed E-state index contributed by atoms with van der Waals surface area (Å²) >= 11 is 0. The van der Waals surface area contributed by atoms with E-state index in [-0.39, 0.29) is 30.5 Å². The van der Waals surface area contributed by atoms with Crippen LogP contribution in [0.25, 0.3) is 0 Å². The Morgan fingerprint density at radius 2 is 1.36 bits per heavy atom. The molecule has 0 heterocycles. The molecule has 0 saturated carbocycles.